The van der Waals surface area contributed by atoms with E-state index in [0.717, 1.165) is 31.2 Å². The Morgan fingerprint density at radius 2 is 1.88 bits per heavy atom. The Kier molecular flexibility index (Phi) is 3.22. The van der Waals surface area contributed by atoms with Gasteiger partial charge >= 0.3 is 0 Å². The average Bonchev–Trinajstić information content (AvgIpc) is 2.24. The van der Waals surface area contributed by atoms with Gasteiger partial charge in [0.2, 0.25) is 0 Å². The third kappa shape index (κ3) is 2.09. The smallest absolute Gasteiger partial charge is 0.146 e. The molecular formula is C13H17ClFN. The van der Waals surface area contributed by atoms with Gasteiger partial charge in [0, 0.05) is 11.1 Å². The minimum absolute atomic E-state index is 0.186. The predicted molar refractivity (Wildman–Crippen MR) is 65.1 cm³/mol. The molecule has 0 aliphatic heterocycles. The lowest BCUT2D eigenvalue weighted by atomic mass is 9.77. The van der Waals surface area contributed by atoms with Gasteiger partial charge in [-0.2, -0.15) is 0 Å². The normalized spacial score (nSPS) is 19.8. The molecule has 1 saturated carbocycles. The van der Waals surface area contributed by atoms with Gasteiger partial charge < -0.3 is 5.73 Å². The standard InChI is InChI=1S/C13H17ClFN/c1-9-7-10(12(15)11(14)8-9)13(16)5-3-2-4-6-13/h7-8H,2-6,16H2,1H3. The lowest BCUT2D eigenvalue weighted by Crippen LogP contribution is -2.39. The Morgan fingerprint density at radius 1 is 1.25 bits per heavy atom. The Morgan fingerprint density at radius 3 is 2.50 bits per heavy atom. The van der Waals surface area contributed by atoms with Crippen molar-refractivity contribution in [3.05, 3.63) is 34.1 Å². The molecule has 0 radical (unpaired) electrons. The van der Waals surface area contributed by atoms with E-state index in [9.17, 15) is 4.39 Å². The predicted octanol–water partition coefficient (Wildman–Crippen LogP) is 3.91. The van der Waals surface area contributed by atoms with E-state index in [4.69, 9.17) is 17.3 Å². The summed E-state index contributed by atoms with van der Waals surface area (Å²) in [5.74, 6) is -0.336. The topological polar surface area (TPSA) is 26.0 Å². The minimum Gasteiger partial charge on any atom is -0.321 e. The first-order valence-corrected chi connectivity index (χ1v) is 6.16. The number of halogens is 2. The van der Waals surface area contributed by atoms with Crippen LogP contribution in [0.3, 0.4) is 0 Å². The first-order valence-electron chi connectivity index (χ1n) is 5.78. The summed E-state index contributed by atoms with van der Waals surface area (Å²) in [5, 5.41) is 0.186. The van der Waals surface area contributed by atoms with Gasteiger partial charge in [-0.15, -0.1) is 0 Å². The van der Waals surface area contributed by atoms with Gasteiger partial charge in [-0.3, -0.25) is 0 Å². The van der Waals surface area contributed by atoms with Gasteiger partial charge in [0.1, 0.15) is 5.82 Å². The molecule has 0 aromatic heterocycles. The molecular weight excluding hydrogens is 225 g/mol. The molecule has 3 heteroatoms. The number of hydrogen-bond donors (Lipinski definition) is 1. The van der Waals surface area contributed by atoms with Gasteiger partial charge in [-0.25, -0.2) is 4.39 Å². The van der Waals surface area contributed by atoms with Crippen molar-refractivity contribution in [2.75, 3.05) is 0 Å². The summed E-state index contributed by atoms with van der Waals surface area (Å²) in [4.78, 5) is 0. The second-order valence-corrected chi connectivity index (χ2v) is 5.23. The van der Waals surface area contributed by atoms with Crippen LogP contribution in [-0.2, 0) is 5.54 Å². The van der Waals surface area contributed by atoms with E-state index in [1.54, 1.807) is 6.07 Å². The zero-order valence-electron chi connectivity index (χ0n) is 9.52. The molecule has 1 aromatic rings. The highest BCUT2D eigenvalue weighted by Crippen LogP contribution is 2.38. The van der Waals surface area contributed by atoms with Crippen LogP contribution < -0.4 is 5.73 Å². The van der Waals surface area contributed by atoms with E-state index in [-0.39, 0.29) is 10.8 Å². The van der Waals surface area contributed by atoms with Crippen LogP contribution in [0.25, 0.3) is 0 Å². The summed E-state index contributed by atoms with van der Waals surface area (Å²) < 4.78 is 14.0. The monoisotopic (exact) mass is 241 g/mol. The maximum Gasteiger partial charge on any atom is 0.146 e. The van der Waals surface area contributed by atoms with E-state index >= 15 is 0 Å². The highest BCUT2D eigenvalue weighted by Gasteiger charge is 2.32. The molecule has 0 unspecified atom stereocenters. The molecule has 1 fully saturated rings. The van der Waals surface area contributed by atoms with Gasteiger partial charge in [0.25, 0.3) is 0 Å². The van der Waals surface area contributed by atoms with E-state index in [2.05, 4.69) is 0 Å². The number of nitrogens with two attached hydrogens (primary N) is 1. The van der Waals surface area contributed by atoms with Crippen LogP contribution in [0.1, 0.15) is 43.2 Å². The number of rotatable bonds is 1. The Labute approximate surface area is 101 Å². The van der Waals surface area contributed by atoms with Crippen molar-refractivity contribution in [3.63, 3.8) is 0 Å². The molecule has 0 spiro atoms. The number of hydrogen-bond acceptors (Lipinski definition) is 1. The van der Waals surface area contributed by atoms with Gasteiger partial charge in [0.15, 0.2) is 0 Å². The van der Waals surface area contributed by atoms with E-state index in [1.165, 1.54) is 6.42 Å². The lowest BCUT2D eigenvalue weighted by molar-refractivity contribution is 0.293. The van der Waals surface area contributed by atoms with Gasteiger partial charge in [-0.05, 0) is 31.4 Å². The van der Waals surface area contributed by atoms with Crippen LogP contribution in [0.15, 0.2) is 12.1 Å². The second kappa shape index (κ2) is 4.34. The molecule has 0 atom stereocenters. The van der Waals surface area contributed by atoms with E-state index in [1.807, 2.05) is 13.0 Å². The molecule has 88 valence electrons. The third-order valence-electron chi connectivity index (χ3n) is 3.45. The Hall–Kier alpha value is -0.600. The highest BCUT2D eigenvalue weighted by molar-refractivity contribution is 6.30. The van der Waals surface area contributed by atoms with Crippen LogP contribution in [0.5, 0.6) is 0 Å². The minimum atomic E-state index is -0.516. The van der Waals surface area contributed by atoms with Crippen molar-refractivity contribution >= 4 is 11.6 Å². The Balaban J connectivity index is 2.45. The summed E-state index contributed by atoms with van der Waals surface area (Å²) >= 11 is 5.87. The molecule has 2 rings (SSSR count). The molecule has 1 aliphatic rings. The molecule has 0 amide bonds. The highest BCUT2D eigenvalue weighted by atomic mass is 35.5. The average molecular weight is 242 g/mol. The first kappa shape index (κ1) is 11.9. The fourth-order valence-corrected chi connectivity index (χ4v) is 2.81. The molecule has 2 N–H and O–H groups in total. The summed E-state index contributed by atoms with van der Waals surface area (Å²) in [5.41, 5.74) is 7.37. The number of aryl methyl sites for hydroxylation is 1. The van der Waals surface area contributed by atoms with Crippen LogP contribution >= 0.6 is 11.6 Å². The molecule has 0 saturated heterocycles. The maximum absolute atomic E-state index is 14.0. The number of benzene rings is 1. The molecule has 1 nitrogen and oxygen atoms in total. The van der Waals surface area contributed by atoms with Crippen LogP contribution in [0.2, 0.25) is 5.02 Å². The fourth-order valence-electron chi connectivity index (χ4n) is 2.54. The van der Waals surface area contributed by atoms with E-state index in [0.29, 0.717) is 5.56 Å². The quantitative estimate of drug-likeness (QED) is 0.793. The largest absolute Gasteiger partial charge is 0.321 e. The van der Waals surface area contributed by atoms with Crippen LogP contribution in [-0.4, -0.2) is 0 Å². The van der Waals surface area contributed by atoms with Gasteiger partial charge in [-0.1, -0.05) is 36.9 Å². The van der Waals surface area contributed by atoms with Crippen molar-refractivity contribution in [2.24, 2.45) is 5.73 Å². The second-order valence-electron chi connectivity index (χ2n) is 4.83. The van der Waals surface area contributed by atoms with Crippen molar-refractivity contribution in [1.82, 2.24) is 0 Å². The SMILES string of the molecule is Cc1cc(Cl)c(F)c(C2(N)CCCCC2)c1. The molecule has 0 heterocycles. The fraction of sp³-hybridized carbons (Fsp3) is 0.538. The summed E-state index contributed by atoms with van der Waals surface area (Å²) in [6, 6.07) is 3.49. The molecule has 1 aliphatic carbocycles. The van der Waals surface area contributed by atoms with Crippen molar-refractivity contribution in [3.8, 4) is 0 Å². The Bertz CT molecular complexity index is 397. The molecule has 0 bridgehead atoms. The third-order valence-corrected chi connectivity index (χ3v) is 3.73. The zero-order chi connectivity index (χ0) is 11.8. The van der Waals surface area contributed by atoms with Crippen molar-refractivity contribution in [1.29, 1.82) is 0 Å². The summed E-state index contributed by atoms with van der Waals surface area (Å²) in [7, 11) is 0. The molecule has 1 aromatic carbocycles. The van der Waals surface area contributed by atoms with Gasteiger partial charge in [0.05, 0.1) is 5.02 Å². The summed E-state index contributed by atoms with van der Waals surface area (Å²) in [6.45, 7) is 1.92. The first-order chi connectivity index (χ1) is 7.53. The summed E-state index contributed by atoms with van der Waals surface area (Å²) in [6.07, 6.45) is 5.04. The lowest BCUT2D eigenvalue weighted by Gasteiger charge is -2.34. The van der Waals surface area contributed by atoms with Crippen molar-refractivity contribution < 1.29 is 4.39 Å². The van der Waals surface area contributed by atoms with E-state index < -0.39 is 5.54 Å². The molecule has 16 heavy (non-hydrogen) atoms. The van der Waals surface area contributed by atoms with Crippen molar-refractivity contribution in [2.45, 2.75) is 44.6 Å². The zero-order valence-corrected chi connectivity index (χ0v) is 10.3. The van der Waals surface area contributed by atoms with Crippen LogP contribution in [0.4, 0.5) is 4.39 Å². The van der Waals surface area contributed by atoms with Crippen LogP contribution in [0, 0.1) is 12.7 Å². The maximum atomic E-state index is 14.0.